The van der Waals surface area contributed by atoms with Gasteiger partial charge in [0.2, 0.25) is 65.0 Å². The Bertz CT molecular complexity index is 5780. The number of Topliss-reactive ketones (excluding diaryl/α,β-unsaturated/α-hetero) is 1. The molecule has 5 aromatic heterocycles. The molecule has 8 heterocycles. The number of hydrogen-bond donors (Lipinski definition) is 22. The van der Waals surface area contributed by atoms with Gasteiger partial charge in [0, 0.05) is 108 Å². The van der Waals surface area contributed by atoms with Crippen molar-refractivity contribution in [2.24, 2.45) is 17.4 Å². The van der Waals surface area contributed by atoms with Crippen LogP contribution in [-0.4, -0.2) is 215 Å². The number of fused-ring (bicyclic) bond motifs is 9. The fraction of sp³-hybridized carbons (Fsp3) is 0.411. The van der Waals surface area contributed by atoms with Gasteiger partial charge in [-0.3, -0.25) is 73.1 Å². The number of carbonyl (C=O) groups excluding carboxylic acids is 12. The molecule has 3 aliphatic heterocycles. The normalized spacial score (nSPS) is 16.3. The first-order chi connectivity index (χ1) is 63.1. The maximum atomic E-state index is 15.4. The molecule has 37 nitrogen and oxygen atoms in total. The SMILES string of the molecule is C=CC1=C(C)c2cc1cc1nc(cc3[nH]c(cc4[nH]c(c2)c(C=C)c4C)c(C)c3CCCC(=O)NCCCC[C@H](NC(=O)[C@H](Cc2ccc(O)cc2)NC(=O)[C@H](CO)NC(=O)[C@H](Cc2c[nH]c3ccccc23)NC(=O)[C@H](Cc2cnc[nH]2)NC(=O)C2CCC(=O)N2)C(=O)N[C@@H](CC(C)C)C(=O)N[C@@H](CCCNC(=N)N)C(=O)C2CC[C@@H](C(=O)NCC(N)=O)N2)C(CCC(=O)O)=C1C. The van der Waals surface area contributed by atoms with Gasteiger partial charge in [0.25, 0.3) is 0 Å². The number of nitrogens with one attached hydrogen (secondary N) is 17. The van der Waals surface area contributed by atoms with Crippen molar-refractivity contribution in [2.75, 3.05) is 26.2 Å². The summed E-state index contributed by atoms with van der Waals surface area (Å²) in [7, 11) is 0. The van der Waals surface area contributed by atoms with Crippen LogP contribution in [0.2, 0.25) is 0 Å². The number of unbranched alkanes of at least 4 members (excludes halogenated alkanes) is 1. The van der Waals surface area contributed by atoms with Gasteiger partial charge in [-0.1, -0.05) is 69.5 Å². The van der Waals surface area contributed by atoms with E-state index in [4.69, 9.17) is 21.9 Å². The van der Waals surface area contributed by atoms with Crippen molar-refractivity contribution < 1.29 is 77.6 Å². The number of amides is 11. The molecule has 2 saturated heterocycles. The van der Waals surface area contributed by atoms with Gasteiger partial charge in [-0.05, 0) is 220 Å². The number of carboxylic acid groups (broad SMARTS) is 1. The number of imidazole rings is 1. The number of allylic oxidation sites excluding steroid dienone is 5. The molecule has 2 aromatic carbocycles. The summed E-state index contributed by atoms with van der Waals surface area (Å²) in [4.78, 5) is 204. The smallest absolute Gasteiger partial charge is 0.303 e. The first-order valence-electron chi connectivity index (χ1n) is 44.5. The van der Waals surface area contributed by atoms with Gasteiger partial charge < -0.3 is 105 Å². The maximum Gasteiger partial charge on any atom is 0.303 e. The van der Waals surface area contributed by atoms with Crippen LogP contribution in [0.4, 0.5) is 0 Å². The zero-order valence-corrected chi connectivity index (χ0v) is 74.9. The van der Waals surface area contributed by atoms with E-state index in [-0.39, 0.29) is 145 Å². The number of guanidine groups is 1. The van der Waals surface area contributed by atoms with Crippen molar-refractivity contribution in [1.29, 1.82) is 5.41 Å². The van der Waals surface area contributed by atoms with Crippen molar-refractivity contribution in [3.05, 3.63) is 178 Å². The lowest BCUT2D eigenvalue weighted by Crippen LogP contribution is -2.61. The first-order valence-corrected chi connectivity index (χ1v) is 44.5. The van der Waals surface area contributed by atoms with E-state index in [0.717, 1.165) is 77.7 Å². The molecule has 1 aliphatic carbocycles. The second kappa shape index (κ2) is 45.8. The Hall–Kier alpha value is -14.4. The third-order valence-corrected chi connectivity index (χ3v) is 24.2. The molecule has 11 amide bonds. The number of nitrogens with two attached hydrogens (primary N) is 2. The number of benzene rings is 2. The van der Waals surface area contributed by atoms with Crippen LogP contribution in [-0.2, 0) is 88.0 Å². The first kappa shape index (κ1) is 98.2. The molecule has 37 heteroatoms. The number of phenolic OH excluding ortho intramolecular Hbond substituents is 1. The van der Waals surface area contributed by atoms with Crippen LogP contribution >= 0.6 is 0 Å². The van der Waals surface area contributed by atoms with E-state index in [1.54, 1.807) is 44.3 Å². The molecule has 700 valence electrons. The molecule has 8 bridgehead atoms. The molecule has 24 N–H and O–H groups in total. The zero-order chi connectivity index (χ0) is 95.1. The molecular weight excluding hydrogens is 1690 g/mol. The number of nitrogens with zero attached hydrogens (tertiary/aromatic N) is 2. The Balaban J connectivity index is 0.847. The Labute approximate surface area is 762 Å². The number of aliphatic hydroxyl groups is 1. The number of H-pyrrole nitrogens is 4. The number of primary amides is 1. The summed E-state index contributed by atoms with van der Waals surface area (Å²) in [5, 5.41) is 72.6. The quantitative estimate of drug-likeness (QED) is 0.0141. The minimum atomic E-state index is -1.86. The molecule has 7 aromatic rings. The number of phenols is 1. The van der Waals surface area contributed by atoms with E-state index in [1.165, 1.54) is 36.8 Å². The average Bonchev–Trinajstić information content (AvgIpc) is 1.62. The van der Waals surface area contributed by atoms with Gasteiger partial charge in [0.05, 0.1) is 49.0 Å². The number of aromatic amines is 4. The van der Waals surface area contributed by atoms with E-state index >= 15 is 9.59 Å². The van der Waals surface area contributed by atoms with Crippen LogP contribution in [0, 0.1) is 25.2 Å². The summed E-state index contributed by atoms with van der Waals surface area (Å²) in [6, 6.07) is 9.48. The van der Waals surface area contributed by atoms with Gasteiger partial charge in [0.15, 0.2) is 11.7 Å². The number of carbonyl (C=O) groups is 13. The highest BCUT2D eigenvalue weighted by atomic mass is 16.4. The topological polar surface area (TPSA) is 592 Å². The maximum absolute atomic E-state index is 15.4. The number of rotatable bonds is 46. The van der Waals surface area contributed by atoms with E-state index in [9.17, 15) is 68.1 Å². The summed E-state index contributed by atoms with van der Waals surface area (Å²) in [5.74, 6) is -10.6. The number of carboxylic acids is 1. The number of ketones is 1. The molecule has 132 heavy (non-hydrogen) atoms. The molecule has 2 unspecified atom stereocenters. The Morgan fingerprint density at radius 3 is 1.91 bits per heavy atom. The summed E-state index contributed by atoms with van der Waals surface area (Å²) < 4.78 is 0. The third-order valence-electron chi connectivity index (χ3n) is 24.2. The van der Waals surface area contributed by atoms with Crippen molar-refractivity contribution in [2.45, 2.75) is 218 Å². The van der Waals surface area contributed by atoms with E-state index in [2.05, 4.69) is 114 Å². The van der Waals surface area contributed by atoms with Crippen molar-refractivity contribution >= 4 is 144 Å². The third kappa shape index (κ3) is 26.0. The van der Waals surface area contributed by atoms with E-state index in [0.29, 0.717) is 52.0 Å². The number of aliphatic hydroxyl groups excluding tert-OH is 1. The van der Waals surface area contributed by atoms with Gasteiger partial charge in [-0.15, -0.1) is 0 Å². The molecule has 0 saturated carbocycles. The molecular formula is C95H119N21O16. The minimum absolute atomic E-state index is 0.00536. The minimum Gasteiger partial charge on any atom is -0.508 e. The number of aromatic hydroxyl groups is 1. The van der Waals surface area contributed by atoms with Gasteiger partial charge in [-0.25, -0.2) is 9.97 Å². The number of aliphatic carboxylic acids is 1. The molecule has 10 atom stereocenters. The van der Waals surface area contributed by atoms with Crippen LogP contribution in [0.25, 0.3) is 61.3 Å². The van der Waals surface area contributed by atoms with E-state index in [1.807, 2.05) is 58.0 Å². The van der Waals surface area contributed by atoms with Crippen molar-refractivity contribution in [3.8, 4) is 5.75 Å². The highest BCUT2D eigenvalue weighted by Crippen LogP contribution is 2.39. The monoisotopic (exact) mass is 1810 g/mol. The molecule has 11 rings (SSSR count). The van der Waals surface area contributed by atoms with Crippen LogP contribution in [0.1, 0.15) is 179 Å². The molecule has 0 radical (unpaired) electrons. The predicted octanol–water partition coefficient (Wildman–Crippen LogP) is 4.60. The van der Waals surface area contributed by atoms with Gasteiger partial charge >= 0.3 is 5.97 Å². The molecule has 4 aliphatic rings. The fourth-order valence-electron chi connectivity index (χ4n) is 17.0. The lowest BCUT2D eigenvalue weighted by Gasteiger charge is -2.28. The zero-order valence-electron chi connectivity index (χ0n) is 74.9. The molecule has 2 fully saturated rings. The second-order valence-electron chi connectivity index (χ2n) is 34.2. The highest BCUT2D eigenvalue weighted by Gasteiger charge is 2.40. The Kier molecular flexibility index (Phi) is 34.0. The lowest BCUT2D eigenvalue weighted by molar-refractivity contribution is -0.137. The van der Waals surface area contributed by atoms with Crippen LogP contribution < -0.4 is 75.3 Å². The number of para-hydroxylation sites is 1. The fourth-order valence-corrected chi connectivity index (χ4v) is 17.0. The van der Waals surface area contributed by atoms with Crippen LogP contribution in [0.3, 0.4) is 0 Å². The standard InChI is InChI=1S/C95H119N21O16/c1-9-60-50(5)55-37-56(60)39-71-53(8)63(27-32-85(122)123)76(106-71)43-75-62(52(7)73(108-75)42-72-51(6)61(10-2)74(38-55)107-72)18-15-22-83(120)100-33-14-13-20-68(88(126)112-77(35-49(3)4)90(128)110-66(21-16-34-101-95(97)98)86(124)67-28-29-69(105-67)87(125)103-46-82(96)119)111-91(129)78(36-54-23-25-59(118)26-24-54)113-94(132)81(47-117)116-92(130)79(40-57-44-102-65-19-12-11-17-64(57)65)114-93(131)80(41-58-45-99-48-104-58)115-89(127)70-30-31-84(121)109-70/h9-12,17,19,23-26,37-39,42-45,48-49,66-70,77-81,102,105,107-108,117-118H,1-2,13-16,18,20-22,27-36,40-41,46-47H2,3-8H3,(H2,96,119)(H,99,104)(H,100,120)(H,103,125)(H,109,121)(H,110,128)(H,111,129)(H,112,126)(H,113,132)(H,114,131)(H,115,127)(H,116,130)(H,122,123)(H4,97,98,101)/t66-,67?,68-,69-,70?,77-,78-,79-,80-,81-/m0/s1. The summed E-state index contributed by atoms with van der Waals surface area (Å²) in [6.45, 7) is 18.5. The summed E-state index contributed by atoms with van der Waals surface area (Å²) in [5.41, 5.74) is 26.4. The van der Waals surface area contributed by atoms with Gasteiger partial charge in [-0.2, -0.15) is 0 Å². The van der Waals surface area contributed by atoms with Crippen molar-refractivity contribution in [1.82, 2.24) is 93.7 Å². The lowest BCUT2D eigenvalue weighted by atomic mass is 9.97. The predicted molar refractivity (Wildman–Crippen MR) is 498 cm³/mol. The van der Waals surface area contributed by atoms with E-state index < -0.39 is 138 Å². The number of aryl methyl sites for hydroxylation is 3. The molecule has 0 spiro atoms. The van der Waals surface area contributed by atoms with Crippen molar-refractivity contribution in [3.63, 3.8) is 0 Å². The van der Waals surface area contributed by atoms with Crippen LogP contribution in [0.15, 0.2) is 117 Å². The Morgan fingerprint density at radius 1 is 0.591 bits per heavy atom. The summed E-state index contributed by atoms with van der Waals surface area (Å²) in [6.07, 6.45) is 9.21. The average molecular weight is 1810 g/mol. The second-order valence-corrected chi connectivity index (χ2v) is 34.2. The number of hydrogen-bond acceptors (Lipinski definition) is 19. The Morgan fingerprint density at radius 2 is 1.23 bits per heavy atom. The summed E-state index contributed by atoms with van der Waals surface area (Å²) >= 11 is 0. The highest BCUT2D eigenvalue weighted by molar-refractivity contribution is 6.03. The number of aromatic nitrogens is 6. The van der Waals surface area contributed by atoms with Gasteiger partial charge in [0.1, 0.15) is 48.0 Å². The largest absolute Gasteiger partial charge is 0.508 e. The van der Waals surface area contributed by atoms with Crippen LogP contribution in [0.5, 0.6) is 5.75 Å².